The topological polar surface area (TPSA) is 62.5 Å². The van der Waals surface area contributed by atoms with Gasteiger partial charge in [-0.1, -0.05) is 42.4 Å². The van der Waals surface area contributed by atoms with Crippen molar-refractivity contribution in [1.82, 2.24) is 0 Å². The third-order valence-electron chi connectivity index (χ3n) is 3.24. The Balaban J connectivity index is 1.82. The lowest BCUT2D eigenvalue weighted by molar-refractivity contribution is -0.113. The Morgan fingerprint density at radius 1 is 1.48 bits per heavy atom. The molecule has 21 heavy (non-hydrogen) atoms. The van der Waals surface area contributed by atoms with Crippen LogP contribution in [0.1, 0.15) is 43.7 Å². The van der Waals surface area contributed by atoms with Crippen molar-refractivity contribution in [3.05, 3.63) is 35.4 Å². The summed E-state index contributed by atoms with van der Waals surface area (Å²) in [6.07, 6.45) is 3.06. The molecular formula is C16H18N2O2S. The number of unbranched alkanes of at least 4 members (excludes halogenated alkanes) is 1. The Morgan fingerprint density at radius 3 is 2.90 bits per heavy atom. The van der Waals surface area contributed by atoms with Crippen LogP contribution in [0.4, 0.5) is 0 Å². The predicted molar refractivity (Wildman–Crippen MR) is 84.2 cm³/mol. The van der Waals surface area contributed by atoms with E-state index in [1.807, 2.05) is 12.1 Å². The summed E-state index contributed by atoms with van der Waals surface area (Å²) in [5.41, 5.74) is 2.41. The van der Waals surface area contributed by atoms with Gasteiger partial charge in [0, 0.05) is 12.2 Å². The summed E-state index contributed by atoms with van der Waals surface area (Å²) in [6, 6.07) is 9.33. The third kappa shape index (κ3) is 4.61. The van der Waals surface area contributed by atoms with E-state index in [9.17, 15) is 4.79 Å². The molecule has 0 amide bonds. The summed E-state index contributed by atoms with van der Waals surface area (Å²) < 4.78 is 0. The normalized spacial score (nSPS) is 17.0. The maximum absolute atomic E-state index is 11.8. The Bertz CT molecular complexity index is 561. The lowest BCUT2D eigenvalue weighted by Gasteiger charge is -2.06. The van der Waals surface area contributed by atoms with Gasteiger partial charge in [-0.3, -0.25) is 4.79 Å². The molecule has 0 spiro atoms. The van der Waals surface area contributed by atoms with Gasteiger partial charge in [0.15, 0.2) is 5.12 Å². The van der Waals surface area contributed by atoms with Crippen LogP contribution in [-0.2, 0) is 9.63 Å². The molecule has 0 aromatic heterocycles. The third-order valence-corrected chi connectivity index (χ3v) is 4.22. The van der Waals surface area contributed by atoms with Gasteiger partial charge in [0.05, 0.1) is 23.8 Å². The second-order valence-corrected chi connectivity index (χ2v) is 6.09. The number of oxime groups is 1. The SMILES string of the molecule is CCCCSC(=O)C[C@H]1CC(c2ccc(C#N)cc2)=NO1. The molecule has 0 saturated carbocycles. The molecule has 1 heterocycles. The monoisotopic (exact) mass is 302 g/mol. The Morgan fingerprint density at radius 2 is 2.24 bits per heavy atom. The molecule has 1 atom stereocenters. The maximum atomic E-state index is 11.8. The van der Waals surface area contributed by atoms with Crippen molar-refractivity contribution in [1.29, 1.82) is 5.26 Å². The Kier molecular flexibility index (Phi) is 5.82. The van der Waals surface area contributed by atoms with Crippen LogP contribution in [0, 0.1) is 11.3 Å². The van der Waals surface area contributed by atoms with Crippen LogP contribution >= 0.6 is 11.8 Å². The van der Waals surface area contributed by atoms with E-state index in [1.54, 1.807) is 12.1 Å². The van der Waals surface area contributed by atoms with Gasteiger partial charge in [0.25, 0.3) is 0 Å². The maximum Gasteiger partial charge on any atom is 0.192 e. The average Bonchev–Trinajstić information content (AvgIpc) is 2.96. The number of hydrogen-bond acceptors (Lipinski definition) is 5. The van der Waals surface area contributed by atoms with Gasteiger partial charge in [-0.2, -0.15) is 5.26 Å². The number of carbonyl (C=O) groups excluding carboxylic acids is 1. The molecule has 2 rings (SSSR count). The fourth-order valence-corrected chi connectivity index (χ4v) is 2.99. The Hall–Kier alpha value is -1.80. The van der Waals surface area contributed by atoms with E-state index in [1.165, 1.54) is 11.8 Å². The van der Waals surface area contributed by atoms with Gasteiger partial charge in [0.1, 0.15) is 6.10 Å². The van der Waals surface area contributed by atoms with Crippen molar-refractivity contribution in [3.63, 3.8) is 0 Å². The van der Waals surface area contributed by atoms with Gasteiger partial charge in [-0.15, -0.1) is 0 Å². The van der Waals surface area contributed by atoms with Crippen LogP contribution in [0.15, 0.2) is 29.4 Å². The van der Waals surface area contributed by atoms with Crippen molar-refractivity contribution in [3.8, 4) is 6.07 Å². The smallest absolute Gasteiger partial charge is 0.192 e. The minimum atomic E-state index is -0.155. The van der Waals surface area contributed by atoms with Crippen LogP contribution in [0.3, 0.4) is 0 Å². The van der Waals surface area contributed by atoms with Crippen LogP contribution < -0.4 is 0 Å². The van der Waals surface area contributed by atoms with Gasteiger partial charge < -0.3 is 4.84 Å². The minimum Gasteiger partial charge on any atom is -0.391 e. The highest BCUT2D eigenvalue weighted by atomic mass is 32.2. The second kappa shape index (κ2) is 7.84. The highest BCUT2D eigenvalue weighted by Gasteiger charge is 2.24. The standard InChI is InChI=1S/C16H18N2O2S/c1-2-3-8-21-16(19)10-14-9-15(18-20-14)13-6-4-12(11-17)5-7-13/h4-7,14H,2-3,8-10H2,1H3/t14-/m1/s1. The summed E-state index contributed by atoms with van der Waals surface area (Å²) in [5, 5.41) is 13.0. The van der Waals surface area contributed by atoms with E-state index in [-0.39, 0.29) is 11.2 Å². The number of carbonyl (C=O) groups is 1. The summed E-state index contributed by atoms with van der Waals surface area (Å²) in [5.74, 6) is 0.880. The first-order valence-corrected chi connectivity index (χ1v) is 8.10. The first-order chi connectivity index (χ1) is 10.2. The lowest BCUT2D eigenvalue weighted by Crippen LogP contribution is -2.13. The van der Waals surface area contributed by atoms with Crippen LogP contribution in [0.2, 0.25) is 0 Å². The van der Waals surface area contributed by atoms with E-state index in [4.69, 9.17) is 10.1 Å². The van der Waals surface area contributed by atoms with E-state index in [0.717, 1.165) is 29.9 Å². The van der Waals surface area contributed by atoms with E-state index >= 15 is 0 Å². The number of hydrogen-bond donors (Lipinski definition) is 0. The van der Waals surface area contributed by atoms with Crippen molar-refractivity contribution >= 4 is 22.6 Å². The summed E-state index contributed by atoms with van der Waals surface area (Å²) in [7, 11) is 0. The molecule has 0 aliphatic carbocycles. The second-order valence-electron chi connectivity index (χ2n) is 4.94. The molecule has 0 fully saturated rings. The molecule has 110 valence electrons. The number of rotatable bonds is 6. The molecule has 5 heteroatoms. The van der Waals surface area contributed by atoms with Gasteiger partial charge >= 0.3 is 0 Å². The first-order valence-electron chi connectivity index (χ1n) is 7.11. The molecule has 0 radical (unpaired) electrons. The number of nitrogens with zero attached hydrogens (tertiary/aromatic N) is 2. The van der Waals surface area contributed by atoms with Gasteiger partial charge in [-0.25, -0.2) is 0 Å². The number of nitriles is 1. The average molecular weight is 302 g/mol. The zero-order valence-corrected chi connectivity index (χ0v) is 12.9. The zero-order chi connectivity index (χ0) is 15.1. The molecule has 4 nitrogen and oxygen atoms in total. The van der Waals surface area contributed by atoms with Crippen molar-refractivity contribution in [2.75, 3.05) is 5.75 Å². The molecule has 1 aromatic carbocycles. The molecule has 0 N–H and O–H groups in total. The molecule has 1 aliphatic rings. The van der Waals surface area contributed by atoms with E-state index in [0.29, 0.717) is 18.4 Å². The van der Waals surface area contributed by atoms with Crippen molar-refractivity contribution < 1.29 is 9.63 Å². The number of thioether (sulfide) groups is 1. The summed E-state index contributed by atoms with van der Waals surface area (Å²) in [4.78, 5) is 17.1. The molecular weight excluding hydrogens is 284 g/mol. The molecule has 1 aromatic rings. The fraction of sp³-hybridized carbons (Fsp3) is 0.438. The molecule has 0 bridgehead atoms. The molecule has 0 unspecified atom stereocenters. The van der Waals surface area contributed by atoms with Crippen LogP contribution in [-0.4, -0.2) is 22.7 Å². The van der Waals surface area contributed by atoms with Gasteiger partial charge in [-0.05, 0) is 24.1 Å². The summed E-state index contributed by atoms with van der Waals surface area (Å²) in [6.45, 7) is 2.11. The highest BCUT2D eigenvalue weighted by molar-refractivity contribution is 8.13. The largest absolute Gasteiger partial charge is 0.391 e. The van der Waals surface area contributed by atoms with Gasteiger partial charge in [0.2, 0.25) is 0 Å². The van der Waals surface area contributed by atoms with Crippen molar-refractivity contribution in [2.24, 2.45) is 5.16 Å². The zero-order valence-electron chi connectivity index (χ0n) is 12.0. The van der Waals surface area contributed by atoms with Crippen molar-refractivity contribution in [2.45, 2.75) is 38.7 Å². The minimum absolute atomic E-state index is 0.155. The highest BCUT2D eigenvalue weighted by Crippen LogP contribution is 2.22. The predicted octanol–water partition coefficient (Wildman–Crippen LogP) is 3.50. The van der Waals surface area contributed by atoms with Crippen LogP contribution in [0.25, 0.3) is 0 Å². The lowest BCUT2D eigenvalue weighted by atomic mass is 10.0. The molecule has 1 aliphatic heterocycles. The molecule has 0 saturated heterocycles. The number of benzene rings is 1. The van der Waals surface area contributed by atoms with E-state index in [2.05, 4.69) is 18.1 Å². The van der Waals surface area contributed by atoms with E-state index < -0.39 is 0 Å². The quantitative estimate of drug-likeness (QED) is 0.754. The summed E-state index contributed by atoms with van der Waals surface area (Å²) >= 11 is 1.38. The van der Waals surface area contributed by atoms with Crippen LogP contribution in [0.5, 0.6) is 0 Å². The fourth-order valence-electron chi connectivity index (χ4n) is 2.02. The first kappa shape index (κ1) is 15.6. The Labute approximate surface area is 129 Å².